The lowest BCUT2D eigenvalue weighted by Crippen LogP contribution is -2.22. The molecule has 0 spiro atoms. The molecule has 0 saturated carbocycles. The van der Waals surface area contributed by atoms with Crippen molar-refractivity contribution in [2.75, 3.05) is 0 Å². The number of rotatable bonds is 4. The van der Waals surface area contributed by atoms with Gasteiger partial charge in [0.2, 0.25) is 5.91 Å². The number of primary amides is 1. The summed E-state index contributed by atoms with van der Waals surface area (Å²) in [6.45, 7) is 2.36. The van der Waals surface area contributed by atoms with Gasteiger partial charge >= 0.3 is 0 Å². The highest BCUT2D eigenvalue weighted by molar-refractivity contribution is 7.11. The number of thiazole rings is 1. The third kappa shape index (κ3) is 3.38. The first-order valence-electron chi connectivity index (χ1n) is 5.65. The van der Waals surface area contributed by atoms with Crippen LogP contribution in [-0.2, 0) is 6.54 Å². The third-order valence-electron chi connectivity index (χ3n) is 2.52. The van der Waals surface area contributed by atoms with Crippen molar-refractivity contribution in [1.29, 1.82) is 0 Å². The van der Waals surface area contributed by atoms with Crippen molar-refractivity contribution in [3.8, 4) is 0 Å². The summed E-state index contributed by atoms with van der Waals surface area (Å²) in [6.07, 6.45) is 1.75. The molecule has 0 saturated heterocycles. The molecule has 0 bridgehead atoms. The highest BCUT2D eigenvalue weighted by Crippen LogP contribution is 2.11. The average Bonchev–Trinajstić information content (AvgIpc) is 2.82. The smallest absolute Gasteiger partial charge is 0.251 e. The number of amides is 2. The van der Waals surface area contributed by atoms with Crippen molar-refractivity contribution >= 4 is 23.2 Å². The lowest BCUT2D eigenvalue weighted by Gasteiger charge is -2.04. The summed E-state index contributed by atoms with van der Waals surface area (Å²) in [7, 11) is 0. The Bertz CT molecular complexity index is 605. The van der Waals surface area contributed by atoms with Gasteiger partial charge in [0.15, 0.2) is 0 Å². The van der Waals surface area contributed by atoms with Gasteiger partial charge in [-0.2, -0.15) is 0 Å². The summed E-state index contributed by atoms with van der Waals surface area (Å²) >= 11 is 1.54. The van der Waals surface area contributed by atoms with Crippen LogP contribution in [0.1, 0.15) is 30.6 Å². The topological polar surface area (TPSA) is 85.1 Å². The van der Waals surface area contributed by atoms with Crippen molar-refractivity contribution in [3.05, 3.63) is 51.5 Å². The maximum Gasteiger partial charge on any atom is 0.251 e. The first kappa shape index (κ1) is 13.2. The molecule has 0 aliphatic carbocycles. The molecule has 0 fully saturated rings. The van der Waals surface area contributed by atoms with Gasteiger partial charge in [-0.1, -0.05) is 0 Å². The minimum Gasteiger partial charge on any atom is -0.366 e. The summed E-state index contributed by atoms with van der Waals surface area (Å²) < 4.78 is 0. The van der Waals surface area contributed by atoms with Gasteiger partial charge in [0, 0.05) is 22.2 Å². The van der Waals surface area contributed by atoms with E-state index in [1.54, 1.807) is 29.7 Å². The fourth-order valence-electron chi connectivity index (χ4n) is 1.54. The molecule has 0 aliphatic heterocycles. The van der Waals surface area contributed by atoms with Crippen LogP contribution in [0.5, 0.6) is 0 Å². The van der Waals surface area contributed by atoms with Crippen molar-refractivity contribution in [1.82, 2.24) is 10.3 Å². The van der Waals surface area contributed by atoms with E-state index >= 15 is 0 Å². The summed E-state index contributed by atoms with van der Waals surface area (Å²) in [5.74, 6) is -0.700. The third-order valence-corrected chi connectivity index (χ3v) is 3.44. The number of hydrogen-bond acceptors (Lipinski definition) is 4. The van der Waals surface area contributed by atoms with Crippen LogP contribution in [-0.4, -0.2) is 16.8 Å². The number of aryl methyl sites for hydroxylation is 1. The molecular formula is C13H13N3O2S. The van der Waals surface area contributed by atoms with E-state index in [0.29, 0.717) is 17.7 Å². The van der Waals surface area contributed by atoms with E-state index in [9.17, 15) is 9.59 Å². The van der Waals surface area contributed by atoms with Gasteiger partial charge in [0.1, 0.15) is 0 Å². The van der Waals surface area contributed by atoms with E-state index in [0.717, 1.165) is 9.88 Å². The summed E-state index contributed by atoms with van der Waals surface area (Å²) in [5, 5.41) is 3.76. The summed E-state index contributed by atoms with van der Waals surface area (Å²) in [4.78, 5) is 27.9. The lowest BCUT2D eigenvalue weighted by molar-refractivity contribution is 0.0948. The van der Waals surface area contributed by atoms with E-state index < -0.39 is 5.91 Å². The molecule has 1 heterocycles. The molecule has 98 valence electrons. The van der Waals surface area contributed by atoms with Crippen LogP contribution in [0.4, 0.5) is 0 Å². The van der Waals surface area contributed by atoms with Crippen LogP contribution in [0.25, 0.3) is 0 Å². The Morgan fingerprint density at radius 2 is 1.89 bits per heavy atom. The van der Waals surface area contributed by atoms with Gasteiger partial charge in [0.25, 0.3) is 5.91 Å². The second-order valence-corrected chi connectivity index (χ2v) is 5.29. The number of nitrogens with one attached hydrogen (secondary N) is 1. The Morgan fingerprint density at radius 1 is 1.26 bits per heavy atom. The number of carbonyl (C=O) groups excluding carboxylic acids is 2. The van der Waals surface area contributed by atoms with Crippen LogP contribution < -0.4 is 11.1 Å². The van der Waals surface area contributed by atoms with Crippen LogP contribution in [0.2, 0.25) is 0 Å². The normalized spacial score (nSPS) is 10.2. The lowest BCUT2D eigenvalue weighted by atomic mass is 10.1. The fraction of sp³-hybridized carbons (Fsp3) is 0.154. The predicted octanol–water partition coefficient (Wildman–Crippen LogP) is 1.48. The molecule has 3 N–H and O–H groups in total. The molecule has 2 amide bonds. The minimum atomic E-state index is -0.507. The Hall–Kier alpha value is -2.21. The van der Waals surface area contributed by atoms with Crippen LogP contribution >= 0.6 is 11.3 Å². The number of hydrogen-bond donors (Lipinski definition) is 2. The second kappa shape index (κ2) is 5.62. The van der Waals surface area contributed by atoms with Gasteiger partial charge in [-0.3, -0.25) is 9.59 Å². The van der Waals surface area contributed by atoms with Crippen LogP contribution in [0.15, 0.2) is 30.5 Å². The van der Waals surface area contributed by atoms with Crippen molar-refractivity contribution in [2.45, 2.75) is 13.5 Å². The number of carbonyl (C=O) groups is 2. The molecular weight excluding hydrogens is 262 g/mol. The van der Waals surface area contributed by atoms with E-state index in [-0.39, 0.29) is 5.91 Å². The number of benzene rings is 1. The van der Waals surface area contributed by atoms with Crippen LogP contribution in [0.3, 0.4) is 0 Å². The Labute approximate surface area is 114 Å². The molecule has 6 heteroatoms. The largest absolute Gasteiger partial charge is 0.366 e. The highest BCUT2D eigenvalue weighted by atomic mass is 32.1. The molecule has 1 aromatic heterocycles. The first-order valence-corrected chi connectivity index (χ1v) is 6.47. The van der Waals surface area contributed by atoms with E-state index in [1.807, 2.05) is 6.92 Å². The minimum absolute atomic E-state index is 0.193. The van der Waals surface area contributed by atoms with Gasteiger partial charge in [-0.15, -0.1) is 11.3 Å². The molecule has 1 aromatic carbocycles. The maximum atomic E-state index is 11.9. The SMILES string of the molecule is Cc1ncc(CNC(=O)c2ccc(C(N)=O)cc2)s1. The monoisotopic (exact) mass is 275 g/mol. The Morgan fingerprint density at radius 3 is 2.42 bits per heavy atom. The number of nitrogens with zero attached hydrogens (tertiary/aromatic N) is 1. The summed E-state index contributed by atoms with van der Waals surface area (Å²) in [5.41, 5.74) is 6.01. The molecule has 2 aromatic rings. The number of nitrogens with two attached hydrogens (primary N) is 1. The zero-order valence-electron chi connectivity index (χ0n) is 10.3. The zero-order chi connectivity index (χ0) is 13.8. The number of aromatic nitrogens is 1. The molecule has 19 heavy (non-hydrogen) atoms. The zero-order valence-corrected chi connectivity index (χ0v) is 11.2. The van der Waals surface area contributed by atoms with Gasteiger partial charge in [0.05, 0.1) is 11.6 Å². The second-order valence-electron chi connectivity index (χ2n) is 3.97. The van der Waals surface area contributed by atoms with Crippen molar-refractivity contribution in [2.24, 2.45) is 5.73 Å². The molecule has 0 radical (unpaired) electrons. The first-order chi connectivity index (χ1) is 9.06. The fourth-order valence-corrected chi connectivity index (χ4v) is 2.28. The van der Waals surface area contributed by atoms with Crippen molar-refractivity contribution < 1.29 is 9.59 Å². The highest BCUT2D eigenvalue weighted by Gasteiger charge is 2.07. The Balaban J connectivity index is 1.98. The predicted molar refractivity (Wildman–Crippen MR) is 73.0 cm³/mol. The van der Waals surface area contributed by atoms with Gasteiger partial charge < -0.3 is 11.1 Å². The van der Waals surface area contributed by atoms with E-state index in [1.165, 1.54) is 12.1 Å². The standard InChI is InChI=1S/C13H13N3O2S/c1-8-15-6-11(19-8)7-16-13(18)10-4-2-9(3-5-10)12(14)17/h2-6H,7H2,1H3,(H2,14,17)(H,16,18). The van der Waals surface area contributed by atoms with Crippen molar-refractivity contribution in [3.63, 3.8) is 0 Å². The Kier molecular flexibility index (Phi) is 3.91. The molecule has 0 unspecified atom stereocenters. The molecule has 0 atom stereocenters. The maximum absolute atomic E-state index is 11.9. The molecule has 2 rings (SSSR count). The van der Waals surface area contributed by atoms with Gasteiger partial charge in [-0.05, 0) is 31.2 Å². The van der Waals surface area contributed by atoms with Crippen LogP contribution in [0, 0.1) is 6.92 Å². The quantitative estimate of drug-likeness (QED) is 0.886. The van der Waals surface area contributed by atoms with E-state index in [2.05, 4.69) is 10.3 Å². The van der Waals surface area contributed by atoms with E-state index in [4.69, 9.17) is 5.73 Å². The van der Waals surface area contributed by atoms with Gasteiger partial charge in [-0.25, -0.2) is 4.98 Å². The molecule has 0 aliphatic rings. The molecule has 5 nitrogen and oxygen atoms in total. The average molecular weight is 275 g/mol. The summed E-state index contributed by atoms with van der Waals surface area (Å²) in [6, 6.07) is 6.23.